The average Bonchev–Trinajstić information content (AvgIpc) is 3.40. The highest BCUT2D eigenvalue weighted by Gasteiger charge is 2.21. The van der Waals surface area contributed by atoms with Crippen molar-refractivity contribution in [3.63, 3.8) is 0 Å². The van der Waals surface area contributed by atoms with Gasteiger partial charge in [0.2, 0.25) is 0 Å². The van der Waals surface area contributed by atoms with Crippen LogP contribution in [0.2, 0.25) is 0 Å². The van der Waals surface area contributed by atoms with Crippen LogP contribution in [0.15, 0.2) is 66.3 Å². The van der Waals surface area contributed by atoms with Gasteiger partial charge in [-0.3, -0.25) is 0 Å². The SMILES string of the molecule is CCN(CC)c1ccc(C(=C2C=CC(=[N+](CC)CC)C=C2)c2c(OC)ccc3nsnc23)cc1.[O-][Cl+3]([O-])([O-])[O-]. The molecule has 0 saturated heterocycles. The zero-order valence-corrected chi connectivity index (χ0v) is 24.3. The van der Waals surface area contributed by atoms with Crippen LogP contribution in [0.4, 0.5) is 5.69 Å². The number of rotatable bonds is 8. The molecule has 4 rings (SSSR count). The number of hydrogen-bond donors (Lipinski definition) is 0. The summed E-state index contributed by atoms with van der Waals surface area (Å²) in [6.07, 6.45) is 8.83. The number of aromatic nitrogens is 2. The van der Waals surface area contributed by atoms with Gasteiger partial charge in [0.15, 0.2) is 5.71 Å². The van der Waals surface area contributed by atoms with Gasteiger partial charge in [-0.05, 0) is 75.2 Å². The summed E-state index contributed by atoms with van der Waals surface area (Å²) in [5.74, 6) is 0.802. The van der Waals surface area contributed by atoms with Crippen molar-refractivity contribution in [2.24, 2.45) is 0 Å². The van der Waals surface area contributed by atoms with Gasteiger partial charge in [0.1, 0.15) is 29.9 Å². The van der Waals surface area contributed by atoms with Crippen LogP contribution >= 0.6 is 11.7 Å². The van der Waals surface area contributed by atoms with Crippen molar-refractivity contribution < 1.29 is 38.2 Å². The molecule has 0 aliphatic heterocycles. The maximum absolute atomic E-state index is 8.49. The molecule has 3 aromatic rings. The molecule has 1 aliphatic rings. The van der Waals surface area contributed by atoms with Crippen molar-refractivity contribution in [2.45, 2.75) is 27.7 Å². The third kappa shape index (κ3) is 7.72. The van der Waals surface area contributed by atoms with Crippen LogP contribution in [-0.2, 0) is 0 Å². The van der Waals surface area contributed by atoms with Gasteiger partial charge in [0.05, 0.1) is 24.4 Å². The Bertz CT molecular complexity index is 1360. The molecule has 39 heavy (non-hydrogen) atoms. The summed E-state index contributed by atoms with van der Waals surface area (Å²) < 4.78 is 51.3. The molecule has 0 atom stereocenters. The minimum absolute atomic E-state index is 0.802. The summed E-state index contributed by atoms with van der Waals surface area (Å²) in [6, 6.07) is 12.8. The summed E-state index contributed by atoms with van der Waals surface area (Å²) in [7, 11) is -3.23. The standard InChI is InChI=1S/C28H33N4OS.ClHO4/c1-6-31(7-2)22-14-10-20(11-15-22)26(21-12-16-23(17-13-21)32(8-3)9-4)27-25(33-5)19-18-24-28(27)30-34-29-24;2-1(3,4)5/h10-19H,6-9H2,1-5H3;(H,2,3,4,5)/q+1;/p-1. The number of fused-ring (bicyclic) bond motifs is 1. The third-order valence-corrected chi connectivity index (χ3v) is 6.97. The Kier molecular flexibility index (Phi) is 10.8. The van der Waals surface area contributed by atoms with E-state index in [0.717, 1.165) is 65.2 Å². The van der Waals surface area contributed by atoms with Crippen LogP contribution in [0, 0.1) is 10.2 Å². The Morgan fingerprint density at radius 3 is 1.97 bits per heavy atom. The van der Waals surface area contributed by atoms with E-state index in [2.05, 4.69) is 94.5 Å². The Morgan fingerprint density at radius 1 is 0.872 bits per heavy atom. The van der Waals surface area contributed by atoms with E-state index in [1.807, 2.05) is 12.1 Å². The molecule has 0 spiro atoms. The van der Waals surface area contributed by atoms with Gasteiger partial charge in [-0.2, -0.15) is 8.75 Å². The topological polar surface area (TPSA) is 134 Å². The maximum atomic E-state index is 8.49. The second-order valence-corrected chi connectivity index (χ2v) is 9.75. The molecule has 0 unspecified atom stereocenters. The molecular weight excluding hydrogens is 540 g/mol. The first kappa shape index (κ1) is 30.4. The first-order valence-corrected chi connectivity index (χ1v) is 14.6. The zero-order valence-electron chi connectivity index (χ0n) is 22.7. The molecule has 0 saturated carbocycles. The molecule has 2 aromatic carbocycles. The van der Waals surface area contributed by atoms with Gasteiger partial charge in [-0.15, -0.1) is 10.2 Å². The van der Waals surface area contributed by atoms with Crippen LogP contribution in [0.25, 0.3) is 16.6 Å². The molecular formula is C28H33ClN4O5S. The van der Waals surface area contributed by atoms with Gasteiger partial charge in [-0.25, -0.2) is 23.2 Å². The van der Waals surface area contributed by atoms with Crippen molar-refractivity contribution in [3.8, 4) is 5.75 Å². The van der Waals surface area contributed by atoms with E-state index in [-0.39, 0.29) is 0 Å². The Hall–Kier alpha value is -3.12. The van der Waals surface area contributed by atoms with Crippen LogP contribution in [-0.4, -0.2) is 52.3 Å². The van der Waals surface area contributed by atoms with Crippen LogP contribution < -0.4 is 28.3 Å². The van der Waals surface area contributed by atoms with Crippen molar-refractivity contribution in [1.82, 2.24) is 8.75 Å². The predicted molar refractivity (Wildman–Crippen MR) is 145 cm³/mol. The Morgan fingerprint density at radius 2 is 1.46 bits per heavy atom. The zero-order chi connectivity index (χ0) is 28.6. The van der Waals surface area contributed by atoms with E-state index in [9.17, 15) is 0 Å². The lowest BCUT2D eigenvalue weighted by Gasteiger charge is -2.22. The van der Waals surface area contributed by atoms with Crippen LogP contribution in [0.3, 0.4) is 0 Å². The van der Waals surface area contributed by atoms with Crippen LogP contribution in [0.5, 0.6) is 5.75 Å². The number of halogens is 1. The average molecular weight is 573 g/mol. The lowest BCUT2D eigenvalue weighted by molar-refractivity contribution is -2.00. The molecule has 1 aromatic heterocycles. The molecule has 0 amide bonds. The monoisotopic (exact) mass is 572 g/mol. The fourth-order valence-electron chi connectivity index (χ4n) is 4.56. The first-order valence-electron chi connectivity index (χ1n) is 12.6. The second kappa shape index (κ2) is 13.8. The fraction of sp³-hybridized carbons (Fsp3) is 0.321. The summed E-state index contributed by atoms with van der Waals surface area (Å²) in [6.45, 7) is 12.7. The van der Waals surface area contributed by atoms with E-state index in [1.165, 1.54) is 23.1 Å². The molecule has 0 fully saturated rings. The van der Waals surface area contributed by atoms with Crippen LogP contribution in [0.1, 0.15) is 38.8 Å². The highest BCUT2D eigenvalue weighted by atomic mass is 35.7. The third-order valence-electron chi connectivity index (χ3n) is 6.43. The number of benzene rings is 2. The van der Waals surface area contributed by atoms with Crippen molar-refractivity contribution >= 4 is 39.7 Å². The highest BCUT2D eigenvalue weighted by molar-refractivity contribution is 7.00. The summed E-state index contributed by atoms with van der Waals surface area (Å²) in [4.78, 5) is 2.36. The minimum atomic E-state index is -4.94. The van der Waals surface area contributed by atoms with E-state index < -0.39 is 10.2 Å². The van der Waals surface area contributed by atoms with Gasteiger partial charge < -0.3 is 9.64 Å². The van der Waals surface area contributed by atoms with Gasteiger partial charge in [0.25, 0.3) is 0 Å². The normalized spacial score (nSPS) is 12.8. The summed E-state index contributed by atoms with van der Waals surface area (Å²) >= 11 is 1.24. The van der Waals surface area contributed by atoms with E-state index in [0.29, 0.717) is 0 Å². The molecule has 1 aliphatic carbocycles. The molecule has 9 nitrogen and oxygen atoms in total. The molecule has 1 heterocycles. The van der Waals surface area contributed by atoms with Gasteiger partial charge in [-0.1, -0.05) is 12.1 Å². The summed E-state index contributed by atoms with van der Waals surface area (Å²) in [5.41, 5.74) is 8.57. The number of nitrogens with zero attached hydrogens (tertiary/aromatic N) is 4. The van der Waals surface area contributed by atoms with Crippen molar-refractivity contribution in [1.29, 1.82) is 0 Å². The number of methoxy groups -OCH3 is 1. The molecule has 0 radical (unpaired) electrons. The van der Waals surface area contributed by atoms with E-state index in [4.69, 9.17) is 23.4 Å². The van der Waals surface area contributed by atoms with E-state index >= 15 is 0 Å². The number of ether oxygens (including phenoxy) is 1. The largest absolute Gasteiger partial charge is 0.496 e. The number of anilines is 1. The Labute approximate surface area is 235 Å². The molecule has 208 valence electrons. The molecule has 0 bridgehead atoms. The van der Waals surface area contributed by atoms with Gasteiger partial charge >= 0.3 is 0 Å². The Balaban J connectivity index is 0.000000771. The summed E-state index contributed by atoms with van der Waals surface area (Å²) in [5, 5.41) is 0. The molecule has 11 heteroatoms. The van der Waals surface area contributed by atoms with Crippen molar-refractivity contribution in [3.05, 3.63) is 77.4 Å². The van der Waals surface area contributed by atoms with E-state index in [1.54, 1.807) is 7.11 Å². The lowest BCUT2D eigenvalue weighted by atomic mass is 9.89. The maximum Gasteiger partial charge on any atom is 0.199 e. The minimum Gasteiger partial charge on any atom is -0.496 e. The second-order valence-electron chi connectivity index (χ2n) is 8.47. The van der Waals surface area contributed by atoms with Gasteiger partial charge in [0, 0.05) is 36.5 Å². The first-order chi connectivity index (χ1) is 18.6. The quantitative estimate of drug-likeness (QED) is 0.368. The predicted octanol–water partition coefficient (Wildman–Crippen LogP) is 1.21. The number of allylic oxidation sites excluding steroid dienone is 5. The highest BCUT2D eigenvalue weighted by Crippen LogP contribution is 2.39. The molecule has 0 N–H and O–H groups in total. The fourth-order valence-corrected chi connectivity index (χ4v) is 5.10. The number of hydrogen-bond acceptors (Lipinski definition) is 9. The smallest absolute Gasteiger partial charge is 0.199 e. The van der Waals surface area contributed by atoms with Crippen molar-refractivity contribution in [2.75, 3.05) is 38.2 Å². The lowest BCUT2D eigenvalue weighted by Crippen LogP contribution is -2.68.